The number of nitrogen functional groups attached to an aromatic ring is 1. The minimum Gasteiger partial charge on any atom is -0.488 e. The Bertz CT molecular complexity index is 799. The first-order valence-electron chi connectivity index (χ1n) is 6.30. The molecule has 0 aliphatic carbocycles. The number of hydrogen-bond donors (Lipinski definition) is 2. The summed E-state index contributed by atoms with van der Waals surface area (Å²) in [7, 11) is 0. The van der Waals surface area contributed by atoms with Crippen molar-refractivity contribution in [2.45, 2.75) is 6.61 Å². The topological polar surface area (TPSA) is 91.2 Å². The summed E-state index contributed by atoms with van der Waals surface area (Å²) in [6.07, 6.45) is 1.63. The van der Waals surface area contributed by atoms with Crippen molar-refractivity contribution in [1.82, 2.24) is 4.98 Å². The fraction of sp³-hybridized carbons (Fsp3) is 0.0667. The Morgan fingerprint density at radius 3 is 2.71 bits per heavy atom. The van der Waals surface area contributed by atoms with Crippen molar-refractivity contribution in [3.05, 3.63) is 53.0 Å². The molecule has 4 N–H and O–H groups in total. The molecule has 0 bridgehead atoms. The van der Waals surface area contributed by atoms with E-state index in [1.807, 2.05) is 30.3 Å². The molecule has 0 saturated carbocycles. The number of nitrogens with two attached hydrogens (primary N) is 2. The van der Waals surface area contributed by atoms with Gasteiger partial charge in [0.15, 0.2) is 0 Å². The molecule has 0 aliphatic rings. The van der Waals surface area contributed by atoms with E-state index < -0.39 is 5.91 Å². The first-order valence-corrected chi connectivity index (χ1v) is 7.12. The molecule has 0 spiro atoms. The van der Waals surface area contributed by atoms with E-state index in [1.54, 1.807) is 12.3 Å². The van der Waals surface area contributed by atoms with Gasteiger partial charge in [0, 0.05) is 6.20 Å². The van der Waals surface area contributed by atoms with E-state index in [9.17, 15) is 4.79 Å². The Balaban J connectivity index is 1.97. The van der Waals surface area contributed by atoms with Gasteiger partial charge < -0.3 is 16.2 Å². The number of carbonyl (C=O) groups is 1. The number of fused-ring (bicyclic) bond motifs is 1. The van der Waals surface area contributed by atoms with Crippen LogP contribution in [0.5, 0.6) is 5.75 Å². The first kappa shape index (κ1) is 13.4. The quantitative estimate of drug-likeness (QED) is 0.774. The maximum Gasteiger partial charge on any atom is 0.260 e. The monoisotopic (exact) mass is 299 g/mol. The number of thiophene rings is 1. The second-order valence-electron chi connectivity index (χ2n) is 4.47. The van der Waals surface area contributed by atoms with Crippen LogP contribution in [0.4, 0.5) is 5.69 Å². The van der Waals surface area contributed by atoms with Crippen molar-refractivity contribution in [1.29, 1.82) is 0 Å². The number of aromatic nitrogens is 1. The third kappa shape index (κ3) is 2.53. The van der Waals surface area contributed by atoms with Crippen molar-refractivity contribution in [2.75, 3.05) is 5.73 Å². The normalized spacial score (nSPS) is 10.7. The van der Waals surface area contributed by atoms with Crippen molar-refractivity contribution >= 4 is 33.1 Å². The van der Waals surface area contributed by atoms with Crippen LogP contribution in [0.15, 0.2) is 42.6 Å². The molecule has 2 aromatic heterocycles. The van der Waals surface area contributed by atoms with Crippen molar-refractivity contribution in [2.24, 2.45) is 5.73 Å². The minimum atomic E-state index is -0.551. The molecule has 3 rings (SSSR count). The van der Waals surface area contributed by atoms with Gasteiger partial charge in [-0.2, -0.15) is 0 Å². The van der Waals surface area contributed by atoms with Crippen LogP contribution in [0.1, 0.15) is 15.2 Å². The van der Waals surface area contributed by atoms with Crippen molar-refractivity contribution in [3.8, 4) is 5.75 Å². The Morgan fingerprint density at radius 1 is 1.24 bits per heavy atom. The number of carbonyl (C=O) groups excluding carboxylic acids is 1. The second kappa shape index (κ2) is 5.41. The molecular weight excluding hydrogens is 286 g/mol. The molecule has 0 atom stereocenters. The van der Waals surface area contributed by atoms with Gasteiger partial charge in [-0.1, -0.05) is 30.3 Å². The maximum atomic E-state index is 11.4. The molecule has 0 radical (unpaired) electrons. The Hall–Kier alpha value is -2.60. The number of nitrogens with zero attached hydrogens (tertiary/aromatic N) is 1. The van der Waals surface area contributed by atoms with E-state index in [-0.39, 0.29) is 0 Å². The highest BCUT2D eigenvalue weighted by atomic mass is 32.1. The average Bonchev–Trinajstić information content (AvgIpc) is 2.84. The Labute approximate surface area is 125 Å². The van der Waals surface area contributed by atoms with Crippen LogP contribution >= 0.6 is 11.3 Å². The summed E-state index contributed by atoms with van der Waals surface area (Å²) in [5, 5.41) is 0.646. The van der Waals surface area contributed by atoms with Gasteiger partial charge in [-0.15, -0.1) is 11.3 Å². The van der Waals surface area contributed by atoms with Gasteiger partial charge in [-0.3, -0.25) is 4.79 Å². The maximum absolute atomic E-state index is 11.4. The molecule has 1 aromatic carbocycles. The fourth-order valence-corrected chi connectivity index (χ4v) is 2.99. The van der Waals surface area contributed by atoms with E-state index in [0.717, 1.165) is 5.56 Å². The molecule has 0 saturated heterocycles. The highest BCUT2D eigenvalue weighted by Gasteiger charge is 2.18. The Morgan fingerprint density at radius 2 is 2.00 bits per heavy atom. The summed E-state index contributed by atoms with van der Waals surface area (Å²) in [5.41, 5.74) is 12.7. The lowest BCUT2D eigenvalue weighted by atomic mass is 10.2. The van der Waals surface area contributed by atoms with Crippen LogP contribution in [0, 0.1) is 0 Å². The SMILES string of the molecule is NC(=O)c1sc2nccc(OCc3ccccc3)c2c1N. The van der Waals surface area contributed by atoms with Gasteiger partial charge in [-0.25, -0.2) is 4.98 Å². The van der Waals surface area contributed by atoms with E-state index in [0.29, 0.717) is 33.1 Å². The van der Waals surface area contributed by atoms with Crippen LogP contribution in [0.25, 0.3) is 10.2 Å². The van der Waals surface area contributed by atoms with Gasteiger partial charge in [0.2, 0.25) is 0 Å². The molecule has 21 heavy (non-hydrogen) atoms. The van der Waals surface area contributed by atoms with Crippen LogP contribution in [-0.2, 0) is 6.61 Å². The van der Waals surface area contributed by atoms with Gasteiger partial charge >= 0.3 is 0 Å². The average molecular weight is 299 g/mol. The second-order valence-corrected chi connectivity index (χ2v) is 5.47. The number of benzene rings is 1. The predicted octanol–water partition coefficient (Wildman–Crippen LogP) is 2.56. The largest absolute Gasteiger partial charge is 0.488 e. The molecule has 6 heteroatoms. The van der Waals surface area contributed by atoms with Gasteiger partial charge in [0.25, 0.3) is 5.91 Å². The van der Waals surface area contributed by atoms with Crippen LogP contribution in [0.2, 0.25) is 0 Å². The number of anilines is 1. The van der Waals surface area contributed by atoms with Gasteiger partial charge in [0.05, 0.1) is 11.1 Å². The summed E-state index contributed by atoms with van der Waals surface area (Å²) in [5.74, 6) is 0.0506. The smallest absolute Gasteiger partial charge is 0.260 e. The summed E-state index contributed by atoms with van der Waals surface area (Å²) in [6.45, 7) is 0.418. The summed E-state index contributed by atoms with van der Waals surface area (Å²) < 4.78 is 5.81. The lowest BCUT2D eigenvalue weighted by Crippen LogP contribution is -2.10. The van der Waals surface area contributed by atoms with Crippen LogP contribution < -0.4 is 16.2 Å². The summed E-state index contributed by atoms with van der Waals surface area (Å²) in [6, 6.07) is 11.5. The molecule has 0 unspecified atom stereocenters. The first-order chi connectivity index (χ1) is 10.2. The zero-order valence-electron chi connectivity index (χ0n) is 11.1. The molecular formula is C15H13N3O2S. The van der Waals surface area contributed by atoms with E-state index in [1.165, 1.54) is 11.3 Å². The predicted molar refractivity (Wildman–Crippen MR) is 83.3 cm³/mol. The molecule has 3 aromatic rings. The molecule has 0 aliphatic heterocycles. The number of amides is 1. The van der Waals surface area contributed by atoms with E-state index in [4.69, 9.17) is 16.2 Å². The number of rotatable bonds is 4. The highest BCUT2D eigenvalue weighted by Crippen LogP contribution is 2.38. The van der Waals surface area contributed by atoms with Crippen molar-refractivity contribution < 1.29 is 9.53 Å². The number of pyridine rings is 1. The zero-order chi connectivity index (χ0) is 14.8. The lowest BCUT2D eigenvalue weighted by Gasteiger charge is -2.07. The van der Waals surface area contributed by atoms with E-state index >= 15 is 0 Å². The van der Waals surface area contributed by atoms with Crippen LogP contribution in [0.3, 0.4) is 0 Å². The number of ether oxygens (including phenoxy) is 1. The highest BCUT2D eigenvalue weighted by molar-refractivity contribution is 7.21. The lowest BCUT2D eigenvalue weighted by molar-refractivity contribution is 0.100. The summed E-state index contributed by atoms with van der Waals surface area (Å²) >= 11 is 1.18. The molecule has 0 fully saturated rings. The van der Waals surface area contributed by atoms with Gasteiger partial charge in [0.1, 0.15) is 22.1 Å². The third-order valence-electron chi connectivity index (χ3n) is 3.05. The third-order valence-corrected chi connectivity index (χ3v) is 4.18. The van der Waals surface area contributed by atoms with Gasteiger partial charge in [-0.05, 0) is 11.6 Å². The molecule has 1 amide bonds. The number of primary amides is 1. The molecule has 5 nitrogen and oxygen atoms in total. The Kier molecular flexibility index (Phi) is 3.45. The van der Waals surface area contributed by atoms with Crippen LogP contribution in [-0.4, -0.2) is 10.9 Å². The molecule has 2 heterocycles. The minimum absolute atomic E-state index is 0.313. The zero-order valence-corrected chi connectivity index (χ0v) is 11.9. The molecule has 106 valence electrons. The number of hydrogen-bond acceptors (Lipinski definition) is 5. The fourth-order valence-electron chi connectivity index (χ4n) is 2.06. The van der Waals surface area contributed by atoms with E-state index in [2.05, 4.69) is 4.98 Å². The van der Waals surface area contributed by atoms with Crippen molar-refractivity contribution in [3.63, 3.8) is 0 Å². The standard InChI is InChI=1S/C15H13N3O2S/c16-12-11-10(20-8-9-4-2-1-3-5-9)6-7-18-15(11)21-13(12)14(17)19/h1-7H,8,16H2,(H2,17,19). The summed E-state index contributed by atoms with van der Waals surface area (Å²) in [4.78, 5) is 16.5.